The lowest BCUT2D eigenvalue weighted by atomic mass is 10.0. The summed E-state index contributed by atoms with van der Waals surface area (Å²) in [7, 11) is 0. The Morgan fingerprint density at radius 2 is 1.86 bits per heavy atom. The van der Waals surface area contributed by atoms with Crippen LogP contribution in [0.15, 0.2) is 42.5 Å². The summed E-state index contributed by atoms with van der Waals surface area (Å²) in [6.45, 7) is 5.60. The molecule has 3 rings (SSSR count). The van der Waals surface area contributed by atoms with Crippen molar-refractivity contribution in [3.8, 4) is 16.8 Å². The normalized spacial score (nSPS) is 12.2. The molecule has 0 fully saturated rings. The molecule has 0 aliphatic carbocycles. The standard InChI is InChI=1S/C20H22ClN5O2/c1-12(2)19-23-24-25-26(19)18-9-15(14-4-6-17(21)7-5-14)8-16(10-18)20(28)22-13(3)11-27/h4-10,12-13,27H,11H2,1-3H3,(H,22,28)/t13-/m1/s1. The molecular weight excluding hydrogens is 378 g/mol. The number of carbonyl (C=O) groups excluding carboxylic acids is 1. The van der Waals surface area contributed by atoms with Gasteiger partial charge in [0.15, 0.2) is 5.82 Å². The number of rotatable bonds is 6. The van der Waals surface area contributed by atoms with E-state index in [-0.39, 0.29) is 24.5 Å². The summed E-state index contributed by atoms with van der Waals surface area (Å²) in [6, 6.07) is 12.5. The van der Waals surface area contributed by atoms with Gasteiger partial charge in [-0.15, -0.1) is 5.10 Å². The molecule has 3 aromatic rings. The minimum atomic E-state index is -0.352. The second-order valence-electron chi connectivity index (χ2n) is 6.94. The second kappa shape index (κ2) is 8.50. The minimum absolute atomic E-state index is 0.112. The fourth-order valence-corrected chi connectivity index (χ4v) is 2.89. The van der Waals surface area contributed by atoms with Gasteiger partial charge in [-0.3, -0.25) is 4.79 Å². The third-order valence-electron chi connectivity index (χ3n) is 4.26. The zero-order valence-corrected chi connectivity index (χ0v) is 16.7. The van der Waals surface area contributed by atoms with Crippen molar-refractivity contribution in [2.24, 2.45) is 0 Å². The molecule has 1 heterocycles. The summed E-state index contributed by atoms with van der Waals surface area (Å²) in [6.07, 6.45) is 0. The van der Waals surface area contributed by atoms with Crippen molar-refractivity contribution in [1.29, 1.82) is 0 Å². The van der Waals surface area contributed by atoms with Crippen molar-refractivity contribution in [3.63, 3.8) is 0 Å². The zero-order chi connectivity index (χ0) is 20.3. The molecule has 28 heavy (non-hydrogen) atoms. The largest absolute Gasteiger partial charge is 0.394 e. The predicted octanol–water partition coefficient (Wildman–Crippen LogP) is 3.22. The van der Waals surface area contributed by atoms with Gasteiger partial charge in [0, 0.05) is 22.5 Å². The van der Waals surface area contributed by atoms with Crippen LogP contribution < -0.4 is 5.32 Å². The number of nitrogens with one attached hydrogen (secondary N) is 1. The molecule has 0 aliphatic heterocycles. The number of aliphatic hydroxyl groups is 1. The highest BCUT2D eigenvalue weighted by Gasteiger charge is 2.17. The molecule has 0 saturated carbocycles. The van der Waals surface area contributed by atoms with E-state index in [0.717, 1.165) is 11.1 Å². The van der Waals surface area contributed by atoms with Crippen LogP contribution in [0.4, 0.5) is 0 Å². The molecule has 0 aliphatic rings. The molecule has 1 atom stereocenters. The Morgan fingerprint density at radius 1 is 1.14 bits per heavy atom. The van der Waals surface area contributed by atoms with Crippen LogP contribution in [0.3, 0.4) is 0 Å². The van der Waals surface area contributed by atoms with E-state index in [1.165, 1.54) is 0 Å². The Morgan fingerprint density at radius 3 is 2.50 bits per heavy atom. The first kappa shape index (κ1) is 20.0. The number of halogens is 1. The summed E-state index contributed by atoms with van der Waals surface area (Å²) in [5.74, 6) is 0.530. The van der Waals surface area contributed by atoms with E-state index < -0.39 is 0 Å². The first-order valence-electron chi connectivity index (χ1n) is 9.00. The van der Waals surface area contributed by atoms with Gasteiger partial charge in [-0.1, -0.05) is 37.6 Å². The third-order valence-corrected chi connectivity index (χ3v) is 4.52. The smallest absolute Gasteiger partial charge is 0.251 e. The highest BCUT2D eigenvalue weighted by molar-refractivity contribution is 6.30. The number of nitrogens with zero attached hydrogens (tertiary/aromatic N) is 4. The molecule has 0 bridgehead atoms. The van der Waals surface area contributed by atoms with Crippen LogP contribution in [-0.2, 0) is 0 Å². The first-order chi connectivity index (χ1) is 13.4. The average molecular weight is 400 g/mol. The molecule has 8 heteroatoms. The van der Waals surface area contributed by atoms with E-state index in [1.807, 2.05) is 32.0 Å². The van der Waals surface area contributed by atoms with Gasteiger partial charge in [0.2, 0.25) is 0 Å². The number of benzene rings is 2. The number of tetrazole rings is 1. The van der Waals surface area contributed by atoms with Gasteiger partial charge in [-0.05, 0) is 58.8 Å². The van der Waals surface area contributed by atoms with Crippen LogP contribution in [0.1, 0.15) is 42.9 Å². The molecule has 0 spiro atoms. The predicted molar refractivity (Wildman–Crippen MR) is 108 cm³/mol. The Labute approximate surface area is 168 Å². The minimum Gasteiger partial charge on any atom is -0.394 e. The Bertz CT molecular complexity index is 969. The van der Waals surface area contributed by atoms with Crippen molar-refractivity contribution in [1.82, 2.24) is 25.5 Å². The van der Waals surface area contributed by atoms with Crippen LogP contribution in [0.5, 0.6) is 0 Å². The number of aromatic nitrogens is 4. The maximum atomic E-state index is 12.7. The second-order valence-corrected chi connectivity index (χ2v) is 7.37. The summed E-state index contributed by atoms with van der Waals surface area (Å²) in [5.41, 5.74) is 2.88. The molecule has 146 valence electrons. The Balaban J connectivity index is 2.12. The lowest BCUT2D eigenvalue weighted by Crippen LogP contribution is -2.35. The van der Waals surface area contributed by atoms with Gasteiger partial charge in [0.05, 0.1) is 12.3 Å². The van der Waals surface area contributed by atoms with Crippen LogP contribution in [0, 0.1) is 0 Å². The van der Waals surface area contributed by atoms with Crippen molar-refractivity contribution in [2.75, 3.05) is 6.61 Å². The zero-order valence-electron chi connectivity index (χ0n) is 15.9. The Kier molecular flexibility index (Phi) is 6.06. The van der Waals surface area contributed by atoms with Crippen molar-refractivity contribution < 1.29 is 9.90 Å². The molecule has 1 aromatic heterocycles. The van der Waals surface area contributed by atoms with Gasteiger partial charge >= 0.3 is 0 Å². The lowest BCUT2D eigenvalue weighted by molar-refractivity contribution is 0.0922. The van der Waals surface area contributed by atoms with E-state index in [9.17, 15) is 9.90 Å². The summed E-state index contributed by atoms with van der Waals surface area (Å²) in [5, 5.41) is 24.6. The number of carbonyl (C=O) groups is 1. The summed E-state index contributed by atoms with van der Waals surface area (Å²) < 4.78 is 1.64. The van der Waals surface area contributed by atoms with E-state index in [1.54, 1.807) is 35.9 Å². The van der Waals surface area contributed by atoms with Gasteiger partial charge < -0.3 is 10.4 Å². The SMILES string of the molecule is CC(C)c1nnnn1-c1cc(C(=O)N[C@H](C)CO)cc(-c2ccc(Cl)cc2)c1. The number of hydrogen-bond donors (Lipinski definition) is 2. The van der Waals surface area contributed by atoms with Gasteiger partial charge in [-0.25, -0.2) is 0 Å². The van der Waals surface area contributed by atoms with Gasteiger partial charge in [0.25, 0.3) is 5.91 Å². The fourth-order valence-electron chi connectivity index (χ4n) is 2.76. The van der Waals surface area contributed by atoms with E-state index >= 15 is 0 Å². The topological polar surface area (TPSA) is 92.9 Å². The molecule has 0 radical (unpaired) electrons. The molecule has 1 amide bonds. The number of amides is 1. The van der Waals surface area contributed by atoms with Crippen LogP contribution in [-0.4, -0.2) is 43.9 Å². The first-order valence-corrected chi connectivity index (χ1v) is 9.38. The third kappa shape index (κ3) is 4.37. The monoisotopic (exact) mass is 399 g/mol. The van der Waals surface area contributed by atoms with Crippen LogP contribution in [0.25, 0.3) is 16.8 Å². The van der Waals surface area contributed by atoms with E-state index in [0.29, 0.717) is 22.1 Å². The number of aliphatic hydroxyl groups excluding tert-OH is 1. The van der Waals surface area contributed by atoms with Crippen molar-refractivity contribution >= 4 is 17.5 Å². The highest BCUT2D eigenvalue weighted by atomic mass is 35.5. The molecular formula is C20H22ClN5O2. The van der Waals surface area contributed by atoms with Crippen molar-refractivity contribution in [3.05, 3.63) is 58.9 Å². The Hall–Kier alpha value is -2.77. The van der Waals surface area contributed by atoms with Crippen LogP contribution in [0.2, 0.25) is 5.02 Å². The maximum Gasteiger partial charge on any atom is 0.251 e. The highest BCUT2D eigenvalue weighted by Crippen LogP contribution is 2.27. The van der Waals surface area contributed by atoms with E-state index in [4.69, 9.17) is 11.6 Å². The van der Waals surface area contributed by atoms with Gasteiger partial charge in [-0.2, -0.15) is 4.68 Å². The number of hydrogen-bond acceptors (Lipinski definition) is 5. The molecule has 2 aromatic carbocycles. The van der Waals surface area contributed by atoms with Crippen LogP contribution >= 0.6 is 11.6 Å². The van der Waals surface area contributed by atoms with Gasteiger partial charge in [0.1, 0.15) is 0 Å². The summed E-state index contributed by atoms with van der Waals surface area (Å²) in [4.78, 5) is 12.7. The quantitative estimate of drug-likeness (QED) is 0.663. The molecule has 0 saturated heterocycles. The molecule has 7 nitrogen and oxygen atoms in total. The summed E-state index contributed by atoms with van der Waals surface area (Å²) >= 11 is 6.00. The maximum absolute atomic E-state index is 12.7. The molecule has 2 N–H and O–H groups in total. The fraction of sp³-hybridized carbons (Fsp3) is 0.300. The lowest BCUT2D eigenvalue weighted by Gasteiger charge is -2.14. The average Bonchev–Trinajstić information content (AvgIpc) is 3.18. The molecule has 0 unspecified atom stereocenters. The van der Waals surface area contributed by atoms with Crippen molar-refractivity contribution in [2.45, 2.75) is 32.7 Å². The van der Waals surface area contributed by atoms with E-state index in [2.05, 4.69) is 20.8 Å².